The molecule has 0 N–H and O–H groups in total. The number of rotatable bonds is 3. The third-order valence-corrected chi connectivity index (χ3v) is 4.63. The fourth-order valence-corrected chi connectivity index (χ4v) is 3.44. The molecule has 0 atom stereocenters. The van der Waals surface area contributed by atoms with E-state index in [-0.39, 0.29) is 12.4 Å². The van der Waals surface area contributed by atoms with Crippen LogP contribution in [-0.2, 0) is 26.2 Å². The molecule has 0 fully saturated rings. The number of tetrazole rings is 1. The van der Waals surface area contributed by atoms with E-state index in [9.17, 15) is 13.2 Å². The molecule has 1 aliphatic rings. The minimum Gasteiger partial charge on any atom is -0.342 e. The first-order valence-electron chi connectivity index (χ1n) is 7.71. The molecule has 1 aliphatic heterocycles. The van der Waals surface area contributed by atoms with Crippen molar-refractivity contribution in [1.29, 1.82) is 0 Å². The zero-order chi connectivity index (χ0) is 17.6. The lowest BCUT2D eigenvalue weighted by Crippen LogP contribution is -2.34. The topological polar surface area (TPSA) is 51.8 Å². The van der Waals surface area contributed by atoms with Gasteiger partial charge in [0.05, 0.1) is 6.54 Å². The van der Waals surface area contributed by atoms with Gasteiger partial charge in [-0.2, -0.15) is 13.2 Å². The third-order valence-electron chi connectivity index (χ3n) is 4.30. The summed E-state index contributed by atoms with van der Waals surface area (Å²) in [5.41, 5.74) is 2.15. The van der Waals surface area contributed by atoms with Gasteiger partial charge in [0.1, 0.15) is 6.54 Å². The lowest BCUT2D eigenvalue weighted by atomic mass is 10.2. The number of nitrogens with zero attached hydrogens (tertiary/aromatic N) is 6. The molecule has 25 heavy (non-hydrogen) atoms. The Morgan fingerprint density at radius 2 is 2.04 bits per heavy atom. The number of alkyl halides is 3. The zero-order valence-electron chi connectivity index (χ0n) is 13.0. The van der Waals surface area contributed by atoms with Crippen molar-refractivity contribution in [1.82, 2.24) is 29.7 Å². The molecule has 0 saturated carbocycles. The molecule has 0 amide bonds. The van der Waals surface area contributed by atoms with E-state index < -0.39 is 12.7 Å². The van der Waals surface area contributed by atoms with Crippen LogP contribution in [0.2, 0.25) is 5.02 Å². The van der Waals surface area contributed by atoms with E-state index in [1.54, 1.807) is 0 Å². The molecule has 0 saturated heterocycles. The zero-order valence-corrected chi connectivity index (χ0v) is 13.8. The Balaban J connectivity index is 1.55. The second-order valence-corrected chi connectivity index (χ2v) is 6.45. The number of halogens is 4. The molecule has 132 valence electrons. The first-order chi connectivity index (χ1) is 11.9. The number of hydrogen-bond acceptors (Lipinski definition) is 4. The van der Waals surface area contributed by atoms with Crippen molar-refractivity contribution >= 4 is 22.5 Å². The quantitative estimate of drug-likeness (QED) is 0.711. The first-order valence-corrected chi connectivity index (χ1v) is 8.09. The molecular weight excluding hydrogens is 357 g/mol. The van der Waals surface area contributed by atoms with Crippen molar-refractivity contribution in [2.24, 2.45) is 0 Å². The van der Waals surface area contributed by atoms with Gasteiger partial charge >= 0.3 is 6.18 Å². The van der Waals surface area contributed by atoms with Crippen molar-refractivity contribution in [3.05, 3.63) is 40.8 Å². The number of fused-ring (bicyclic) bond motifs is 3. The highest BCUT2D eigenvalue weighted by Gasteiger charge is 2.30. The van der Waals surface area contributed by atoms with E-state index >= 15 is 0 Å². The highest BCUT2D eigenvalue weighted by Crippen LogP contribution is 2.29. The summed E-state index contributed by atoms with van der Waals surface area (Å²) in [5, 5.41) is 12.2. The van der Waals surface area contributed by atoms with Crippen molar-refractivity contribution in [3.63, 3.8) is 0 Å². The van der Waals surface area contributed by atoms with Crippen LogP contribution < -0.4 is 0 Å². The summed E-state index contributed by atoms with van der Waals surface area (Å²) in [6.45, 7) is 1.11. The molecule has 3 heterocycles. The Labute approximate surface area is 145 Å². The smallest absolute Gasteiger partial charge is 0.342 e. The minimum absolute atomic E-state index is 0.208. The Kier molecular flexibility index (Phi) is 3.92. The maximum absolute atomic E-state index is 12.6. The van der Waals surface area contributed by atoms with Crippen molar-refractivity contribution in [2.75, 3.05) is 6.54 Å². The summed E-state index contributed by atoms with van der Waals surface area (Å²) in [5.74, 6) is 0.208. The van der Waals surface area contributed by atoms with Gasteiger partial charge in [0.25, 0.3) is 0 Å². The molecule has 0 bridgehead atoms. The molecule has 4 rings (SSSR count). The van der Waals surface area contributed by atoms with Gasteiger partial charge in [-0.05, 0) is 28.6 Å². The maximum Gasteiger partial charge on any atom is 0.408 e. The monoisotopic (exact) mass is 370 g/mol. The second kappa shape index (κ2) is 5.99. The molecule has 0 radical (unpaired) electrons. The third kappa shape index (κ3) is 3.21. The molecular formula is C15H14ClF3N6. The van der Waals surface area contributed by atoms with Gasteiger partial charge in [0.2, 0.25) is 0 Å². The largest absolute Gasteiger partial charge is 0.408 e. The summed E-state index contributed by atoms with van der Waals surface area (Å²) in [7, 11) is 0. The van der Waals surface area contributed by atoms with Crippen LogP contribution in [0.15, 0.2) is 24.3 Å². The van der Waals surface area contributed by atoms with E-state index in [1.165, 1.54) is 0 Å². The Morgan fingerprint density at radius 1 is 1.20 bits per heavy atom. The van der Waals surface area contributed by atoms with Crippen LogP contribution in [-0.4, -0.2) is 42.4 Å². The lowest BCUT2D eigenvalue weighted by Gasteiger charge is -2.28. The van der Waals surface area contributed by atoms with Gasteiger partial charge < -0.3 is 4.57 Å². The molecule has 0 spiro atoms. The van der Waals surface area contributed by atoms with Crippen molar-refractivity contribution in [2.45, 2.75) is 32.4 Å². The van der Waals surface area contributed by atoms with Crippen LogP contribution in [0.5, 0.6) is 0 Å². The van der Waals surface area contributed by atoms with E-state index in [0.29, 0.717) is 18.1 Å². The normalized spacial score (nSPS) is 15.7. The molecule has 2 aromatic heterocycles. The maximum atomic E-state index is 12.6. The summed E-state index contributed by atoms with van der Waals surface area (Å²) >= 11 is 6.25. The standard InChI is InChI=1S/C15H14ClF3N6/c16-12-2-1-3-13-11(12)6-10-7-23(4-5-24(10)13)8-14-20-21-22-25(14)9-15(17,18)19/h1-3,6H,4-5,7-9H2. The molecule has 10 heteroatoms. The van der Waals surface area contributed by atoms with E-state index in [1.807, 2.05) is 29.2 Å². The average Bonchev–Trinajstić information content (AvgIpc) is 3.11. The first kappa shape index (κ1) is 16.3. The molecule has 0 aliphatic carbocycles. The van der Waals surface area contributed by atoms with Gasteiger partial charge in [-0.3, -0.25) is 4.90 Å². The SMILES string of the molecule is FC(F)(F)Cn1nnnc1CN1CCn2c(cc3c(Cl)cccc32)C1. The second-order valence-electron chi connectivity index (χ2n) is 6.04. The van der Waals surface area contributed by atoms with Crippen LogP contribution in [0.25, 0.3) is 10.9 Å². The van der Waals surface area contributed by atoms with E-state index in [4.69, 9.17) is 11.6 Å². The van der Waals surface area contributed by atoms with Crippen LogP contribution in [0.3, 0.4) is 0 Å². The van der Waals surface area contributed by atoms with Gasteiger partial charge in [0, 0.05) is 41.3 Å². The molecule has 0 unspecified atom stereocenters. The van der Waals surface area contributed by atoms with Gasteiger partial charge in [-0.1, -0.05) is 17.7 Å². The van der Waals surface area contributed by atoms with Crippen molar-refractivity contribution in [3.8, 4) is 0 Å². The molecule has 1 aromatic carbocycles. The van der Waals surface area contributed by atoms with Crippen LogP contribution in [0.4, 0.5) is 13.2 Å². The van der Waals surface area contributed by atoms with Gasteiger partial charge in [0.15, 0.2) is 5.82 Å². The lowest BCUT2D eigenvalue weighted by molar-refractivity contribution is -0.143. The molecule has 6 nitrogen and oxygen atoms in total. The highest BCUT2D eigenvalue weighted by molar-refractivity contribution is 6.35. The summed E-state index contributed by atoms with van der Waals surface area (Å²) in [4.78, 5) is 2.03. The van der Waals surface area contributed by atoms with Gasteiger partial charge in [-0.15, -0.1) is 5.10 Å². The fraction of sp³-hybridized carbons (Fsp3) is 0.400. The summed E-state index contributed by atoms with van der Waals surface area (Å²) in [6.07, 6.45) is -4.35. The van der Waals surface area contributed by atoms with Gasteiger partial charge in [-0.25, -0.2) is 4.68 Å². The van der Waals surface area contributed by atoms with Crippen LogP contribution in [0, 0.1) is 0 Å². The predicted octanol–water partition coefficient (Wildman–Crippen LogP) is 2.86. The Hall–Kier alpha value is -2.13. The Bertz CT molecular complexity index is 916. The van der Waals surface area contributed by atoms with E-state index in [0.717, 1.165) is 27.8 Å². The summed E-state index contributed by atoms with van der Waals surface area (Å²) < 4.78 is 40.8. The number of aromatic nitrogens is 5. The van der Waals surface area contributed by atoms with Crippen LogP contribution >= 0.6 is 11.6 Å². The van der Waals surface area contributed by atoms with Crippen molar-refractivity contribution < 1.29 is 13.2 Å². The van der Waals surface area contributed by atoms with Crippen LogP contribution in [0.1, 0.15) is 11.5 Å². The predicted molar refractivity (Wildman–Crippen MR) is 84.9 cm³/mol. The molecule has 3 aromatic rings. The fourth-order valence-electron chi connectivity index (χ4n) is 3.21. The number of benzene rings is 1. The van der Waals surface area contributed by atoms with E-state index in [2.05, 4.69) is 20.1 Å². The minimum atomic E-state index is -4.35. The average molecular weight is 371 g/mol. The summed E-state index contributed by atoms with van der Waals surface area (Å²) in [6, 6.07) is 7.81. The number of hydrogen-bond donors (Lipinski definition) is 0. The highest BCUT2D eigenvalue weighted by atomic mass is 35.5. The Morgan fingerprint density at radius 3 is 2.84 bits per heavy atom.